The van der Waals surface area contributed by atoms with Crippen molar-refractivity contribution in [3.8, 4) is 11.1 Å². The van der Waals surface area contributed by atoms with Gasteiger partial charge in [-0.3, -0.25) is 4.55 Å². The maximum Gasteiger partial charge on any atom is 0.295 e. The lowest BCUT2D eigenvalue weighted by atomic mass is 10.0. The Bertz CT molecular complexity index is 1260. The van der Waals surface area contributed by atoms with E-state index in [-0.39, 0.29) is 16.3 Å². The molecule has 172 valence electrons. The summed E-state index contributed by atoms with van der Waals surface area (Å²) in [6, 6.07) is 16.3. The Morgan fingerprint density at radius 3 is 2.09 bits per heavy atom. The lowest BCUT2D eigenvalue weighted by Gasteiger charge is -2.15. The van der Waals surface area contributed by atoms with Crippen LogP contribution in [0.5, 0.6) is 0 Å². The highest BCUT2D eigenvalue weighted by Gasteiger charge is 2.24. The number of unbranched alkanes of at least 4 members (excludes halogenated alkanes) is 1. The van der Waals surface area contributed by atoms with Gasteiger partial charge < -0.3 is 5.11 Å². The molecule has 2 aliphatic carbocycles. The molecule has 0 aliphatic heterocycles. The van der Waals surface area contributed by atoms with Crippen LogP contribution in [0.2, 0.25) is 0 Å². The van der Waals surface area contributed by atoms with Crippen LogP contribution in [-0.2, 0) is 32.2 Å². The smallest absolute Gasteiger partial charge is 0.295 e. The predicted molar refractivity (Wildman–Crippen MR) is 123 cm³/mol. The minimum atomic E-state index is -4.43. The summed E-state index contributed by atoms with van der Waals surface area (Å²) in [7, 11) is -8.00. The van der Waals surface area contributed by atoms with Crippen LogP contribution in [0.15, 0.2) is 70.5 Å². The molecule has 0 spiro atoms. The molecule has 0 unspecified atom stereocenters. The lowest BCUT2D eigenvalue weighted by molar-refractivity contribution is 0.0787. The molecule has 0 saturated heterocycles. The van der Waals surface area contributed by atoms with Crippen LogP contribution in [0.1, 0.15) is 37.8 Å². The van der Waals surface area contributed by atoms with E-state index in [1.807, 2.05) is 0 Å². The summed E-state index contributed by atoms with van der Waals surface area (Å²) in [5.41, 5.74) is 1.28. The predicted octanol–water partition coefficient (Wildman–Crippen LogP) is 3.57. The van der Waals surface area contributed by atoms with Gasteiger partial charge in [-0.15, -0.1) is 0 Å². The zero-order valence-electron chi connectivity index (χ0n) is 17.9. The Balaban J connectivity index is 1.74. The van der Waals surface area contributed by atoms with Crippen LogP contribution in [0.3, 0.4) is 0 Å². The van der Waals surface area contributed by atoms with Crippen molar-refractivity contribution in [3.05, 3.63) is 71.8 Å². The Kier molecular flexibility index (Phi) is 7.06. The molecule has 0 fully saturated rings. The largest absolute Gasteiger partial charge is 0.386 e. The van der Waals surface area contributed by atoms with Crippen LogP contribution in [0.25, 0.3) is 11.1 Å². The van der Waals surface area contributed by atoms with Crippen LogP contribution in [0, 0.1) is 0 Å². The summed E-state index contributed by atoms with van der Waals surface area (Å²) in [6.45, 7) is 3.51. The first-order chi connectivity index (χ1) is 14.9. The van der Waals surface area contributed by atoms with Crippen LogP contribution in [0.4, 0.5) is 0 Å². The normalized spacial score (nSPS) is 12.9. The third kappa shape index (κ3) is 5.73. The standard InChI is InChI=1S/C23H27NO6S2/c1-23(2,25)18-11-13-20-17(16-22(32(28,29)30)21(20)14-12-18)8-6-7-15-24-31(26,27)19-9-4-3-5-10-19/h3-5,9-14,16,24-25H,6-8,15H2,1-2H3,(H,28,29,30). The van der Waals surface area contributed by atoms with Crippen molar-refractivity contribution < 1.29 is 26.5 Å². The number of hydrogen-bond donors (Lipinski definition) is 3. The number of fused-ring (bicyclic) bond motifs is 1. The summed E-state index contributed by atoms with van der Waals surface area (Å²) in [5.74, 6) is 0. The minimum Gasteiger partial charge on any atom is -0.386 e. The molecule has 0 heterocycles. The van der Waals surface area contributed by atoms with E-state index in [1.165, 1.54) is 18.2 Å². The molecule has 1 aromatic rings. The van der Waals surface area contributed by atoms with Crippen molar-refractivity contribution in [3.63, 3.8) is 0 Å². The third-order valence-electron chi connectivity index (χ3n) is 5.27. The number of rotatable bonds is 9. The molecule has 2 aliphatic rings. The third-order valence-corrected chi connectivity index (χ3v) is 7.64. The van der Waals surface area contributed by atoms with Gasteiger partial charge in [-0.05, 0) is 68.0 Å². The Morgan fingerprint density at radius 1 is 0.875 bits per heavy atom. The summed E-state index contributed by atoms with van der Waals surface area (Å²) in [4.78, 5) is 0.0279. The molecule has 0 radical (unpaired) electrons. The summed E-state index contributed by atoms with van der Waals surface area (Å²) < 4.78 is 60.6. The van der Waals surface area contributed by atoms with Crippen molar-refractivity contribution in [2.24, 2.45) is 0 Å². The van der Waals surface area contributed by atoms with Crippen LogP contribution < -0.4 is 4.72 Å². The van der Waals surface area contributed by atoms with Gasteiger partial charge in [0.2, 0.25) is 10.0 Å². The minimum absolute atomic E-state index is 0.176. The summed E-state index contributed by atoms with van der Waals surface area (Å²) in [6.07, 6.45) is 1.66. The number of hydrogen-bond acceptors (Lipinski definition) is 5. The fourth-order valence-electron chi connectivity index (χ4n) is 3.55. The average molecular weight is 478 g/mol. The van der Waals surface area contributed by atoms with Gasteiger partial charge in [0.25, 0.3) is 10.1 Å². The molecular formula is C23H27NO6S2. The summed E-state index contributed by atoms with van der Waals surface area (Å²) >= 11 is 0. The topological polar surface area (TPSA) is 121 Å². The maximum absolute atomic E-state index is 12.3. The molecule has 0 atom stereocenters. The average Bonchev–Trinajstić information content (AvgIpc) is 2.90. The molecule has 0 saturated carbocycles. The zero-order valence-corrected chi connectivity index (χ0v) is 19.6. The molecule has 3 N–H and O–H groups in total. The molecule has 3 rings (SSSR count). The van der Waals surface area contributed by atoms with E-state index in [1.54, 1.807) is 56.3 Å². The van der Waals surface area contributed by atoms with E-state index in [4.69, 9.17) is 0 Å². The molecule has 9 heteroatoms. The van der Waals surface area contributed by atoms with Crippen molar-refractivity contribution in [1.82, 2.24) is 4.72 Å². The fourth-order valence-corrected chi connectivity index (χ4v) is 5.39. The first-order valence-corrected chi connectivity index (χ1v) is 13.1. The molecule has 0 amide bonds. The number of benzene rings is 1. The van der Waals surface area contributed by atoms with Crippen LogP contribution in [-0.4, -0.2) is 33.0 Å². The quantitative estimate of drug-likeness (QED) is 0.320. The van der Waals surface area contributed by atoms with Gasteiger partial charge in [-0.1, -0.05) is 42.5 Å². The first kappa shape index (κ1) is 24.3. The highest BCUT2D eigenvalue weighted by atomic mass is 32.2. The van der Waals surface area contributed by atoms with Gasteiger partial charge in [-0.2, -0.15) is 8.42 Å². The van der Waals surface area contributed by atoms with Crippen molar-refractivity contribution in [2.75, 3.05) is 6.54 Å². The van der Waals surface area contributed by atoms with Gasteiger partial charge in [-0.25, -0.2) is 13.1 Å². The molecule has 0 aromatic heterocycles. The van der Waals surface area contributed by atoms with E-state index in [9.17, 15) is 26.5 Å². The Labute approximate surface area is 189 Å². The number of aryl methyl sites for hydroxylation is 1. The van der Waals surface area contributed by atoms with Gasteiger partial charge in [0.05, 0.1) is 10.5 Å². The molecule has 0 bridgehead atoms. The van der Waals surface area contributed by atoms with E-state index in [2.05, 4.69) is 4.72 Å². The van der Waals surface area contributed by atoms with Crippen molar-refractivity contribution >= 4 is 20.1 Å². The second kappa shape index (κ2) is 9.29. The van der Waals surface area contributed by atoms with Gasteiger partial charge >= 0.3 is 0 Å². The lowest BCUT2D eigenvalue weighted by Crippen LogP contribution is -2.24. The van der Waals surface area contributed by atoms with E-state index >= 15 is 0 Å². The SMILES string of the molecule is CC(C)(O)c1ccc2c(CCCCNS(=O)(=O)c3ccccc3)cc(S(=O)(=O)O)c-2cc1. The molecular weight excluding hydrogens is 450 g/mol. The van der Waals surface area contributed by atoms with E-state index < -0.39 is 25.7 Å². The number of aliphatic hydroxyl groups is 1. The number of nitrogens with one attached hydrogen (secondary N) is 1. The van der Waals surface area contributed by atoms with Crippen molar-refractivity contribution in [1.29, 1.82) is 0 Å². The monoisotopic (exact) mass is 477 g/mol. The van der Waals surface area contributed by atoms with E-state index in [0.717, 1.165) is 5.56 Å². The Hall–Kier alpha value is -2.30. The molecule has 32 heavy (non-hydrogen) atoms. The molecule has 7 nitrogen and oxygen atoms in total. The zero-order chi connectivity index (χ0) is 23.6. The van der Waals surface area contributed by atoms with Gasteiger partial charge in [0.15, 0.2) is 0 Å². The first-order valence-electron chi connectivity index (χ1n) is 10.2. The second-order valence-electron chi connectivity index (χ2n) is 8.19. The summed E-state index contributed by atoms with van der Waals surface area (Å²) in [5, 5.41) is 10.3. The van der Waals surface area contributed by atoms with Gasteiger partial charge in [0.1, 0.15) is 4.90 Å². The Morgan fingerprint density at radius 2 is 1.50 bits per heavy atom. The highest BCUT2D eigenvalue weighted by Crippen LogP contribution is 2.36. The van der Waals surface area contributed by atoms with Crippen LogP contribution >= 0.6 is 0 Å². The molecule has 1 aromatic carbocycles. The second-order valence-corrected chi connectivity index (χ2v) is 11.3. The van der Waals surface area contributed by atoms with Gasteiger partial charge in [0, 0.05) is 12.1 Å². The number of sulfonamides is 1. The van der Waals surface area contributed by atoms with E-state index in [0.29, 0.717) is 36.0 Å². The highest BCUT2D eigenvalue weighted by molar-refractivity contribution is 7.89. The van der Waals surface area contributed by atoms with Crippen molar-refractivity contribution in [2.45, 2.75) is 48.5 Å². The fraction of sp³-hybridized carbons (Fsp3) is 0.304. The maximum atomic E-state index is 12.3.